The Morgan fingerprint density at radius 3 is 2.27 bits per heavy atom. The molecule has 4 heteroatoms. The topological polar surface area (TPSA) is 49.3 Å². The van der Waals surface area contributed by atoms with Crippen LogP contribution in [-0.2, 0) is 4.79 Å². The van der Waals surface area contributed by atoms with Crippen LogP contribution in [0.1, 0.15) is 20.8 Å². The van der Waals surface area contributed by atoms with Gasteiger partial charge in [0.25, 0.3) is 6.47 Å². The van der Waals surface area contributed by atoms with Crippen LogP contribution in [0.2, 0.25) is 0 Å². The van der Waals surface area contributed by atoms with E-state index in [0.29, 0.717) is 10.8 Å². The number of nitrogens with one attached hydrogen (secondary N) is 1. The molecule has 0 aromatic rings. The van der Waals surface area contributed by atoms with E-state index in [1.54, 1.807) is 0 Å². The Morgan fingerprint density at radius 2 is 2.18 bits per heavy atom. The summed E-state index contributed by atoms with van der Waals surface area (Å²) in [5.74, 6) is 1.12. The second-order valence-electron chi connectivity index (χ2n) is 2.92. The lowest BCUT2D eigenvalue weighted by Gasteiger charge is -2.20. The molecule has 0 aliphatic carbocycles. The van der Waals surface area contributed by atoms with Crippen molar-refractivity contribution in [2.24, 2.45) is 0 Å². The van der Waals surface area contributed by atoms with E-state index in [4.69, 9.17) is 9.90 Å². The summed E-state index contributed by atoms with van der Waals surface area (Å²) < 4.78 is 0.458. The number of hydrogen-bond acceptors (Lipinski definition) is 3. The van der Waals surface area contributed by atoms with Gasteiger partial charge in [0, 0.05) is 16.7 Å². The molecule has 11 heavy (non-hydrogen) atoms. The zero-order chi connectivity index (χ0) is 8.91. The van der Waals surface area contributed by atoms with Crippen LogP contribution in [0.25, 0.3) is 0 Å². The molecule has 1 fully saturated rings. The van der Waals surface area contributed by atoms with Crippen LogP contribution >= 0.6 is 11.8 Å². The molecule has 1 rings (SSSR count). The van der Waals surface area contributed by atoms with Gasteiger partial charge in [0.2, 0.25) is 0 Å². The molecule has 1 aliphatic rings. The van der Waals surface area contributed by atoms with Crippen molar-refractivity contribution in [2.75, 3.05) is 5.88 Å². The first-order valence-electron chi connectivity index (χ1n) is 3.49. The number of carbonyl (C=O) groups is 1. The lowest BCUT2D eigenvalue weighted by atomic mass is 10.1. The van der Waals surface area contributed by atoms with Crippen molar-refractivity contribution < 1.29 is 9.90 Å². The Hall–Kier alpha value is -0.220. The SMILES string of the molecule is CC1NCSC1(C)C.O=CO. The summed E-state index contributed by atoms with van der Waals surface area (Å²) in [6.45, 7) is 6.55. The van der Waals surface area contributed by atoms with Crippen LogP contribution < -0.4 is 5.32 Å². The maximum Gasteiger partial charge on any atom is 0.290 e. The molecule has 1 unspecified atom stereocenters. The fourth-order valence-corrected chi connectivity index (χ4v) is 1.76. The van der Waals surface area contributed by atoms with Gasteiger partial charge in [-0.15, -0.1) is 11.8 Å². The zero-order valence-electron chi connectivity index (χ0n) is 7.13. The molecule has 1 atom stereocenters. The van der Waals surface area contributed by atoms with E-state index in [-0.39, 0.29) is 6.47 Å². The van der Waals surface area contributed by atoms with Crippen LogP contribution in [0.3, 0.4) is 0 Å². The van der Waals surface area contributed by atoms with Crippen LogP contribution in [0.5, 0.6) is 0 Å². The van der Waals surface area contributed by atoms with E-state index >= 15 is 0 Å². The molecule has 0 spiro atoms. The van der Waals surface area contributed by atoms with Gasteiger partial charge >= 0.3 is 0 Å². The standard InChI is InChI=1S/C6H13NS.CH2O2/c1-5-6(2,3)8-4-7-5;2-1-3/h5,7H,4H2,1-3H3;1H,(H,2,3). The predicted octanol–water partition coefficient (Wildman–Crippen LogP) is 1.15. The first-order chi connectivity index (χ1) is 5.04. The third-order valence-corrected chi connectivity index (χ3v) is 3.29. The minimum Gasteiger partial charge on any atom is -0.483 e. The first kappa shape index (κ1) is 10.8. The van der Waals surface area contributed by atoms with Gasteiger partial charge < -0.3 is 10.4 Å². The van der Waals surface area contributed by atoms with Crippen molar-refractivity contribution in [2.45, 2.75) is 31.6 Å². The van der Waals surface area contributed by atoms with E-state index in [0.717, 1.165) is 5.88 Å². The summed E-state index contributed by atoms with van der Waals surface area (Å²) in [5.41, 5.74) is 0. The van der Waals surface area contributed by atoms with Crippen molar-refractivity contribution in [3.05, 3.63) is 0 Å². The molecule has 1 heterocycles. The summed E-state index contributed by atoms with van der Waals surface area (Å²) in [5, 5.41) is 10.3. The minimum absolute atomic E-state index is 0.250. The molecule has 0 aromatic carbocycles. The second-order valence-corrected chi connectivity index (χ2v) is 4.55. The number of hydrogen-bond donors (Lipinski definition) is 2. The lowest BCUT2D eigenvalue weighted by molar-refractivity contribution is -0.122. The highest BCUT2D eigenvalue weighted by molar-refractivity contribution is 8.00. The third-order valence-electron chi connectivity index (χ3n) is 1.88. The van der Waals surface area contributed by atoms with Crippen LogP contribution in [0, 0.1) is 0 Å². The minimum atomic E-state index is -0.250. The van der Waals surface area contributed by atoms with Crippen molar-refractivity contribution >= 4 is 18.2 Å². The average molecular weight is 177 g/mol. The molecule has 0 aromatic heterocycles. The maximum atomic E-state index is 8.36. The van der Waals surface area contributed by atoms with Gasteiger partial charge in [-0.2, -0.15) is 0 Å². The molecule has 1 aliphatic heterocycles. The number of carboxylic acid groups (broad SMARTS) is 1. The summed E-state index contributed by atoms with van der Waals surface area (Å²) in [6.07, 6.45) is 0. The smallest absolute Gasteiger partial charge is 0.290 e. The van der Waals surface area contributed by atoms with Gasteiger partial charge in [0.05, 0.1) is 0 Å². The van der Waals surface area contributed by atoms with Crippen molar-refractivity contribution in [1.29, 1.82) is 0 Å². The van der Waals surface area contributed by atoms with Crippen LogP contribution in [0.15, 0.2) is 0 Å². The van der Waals surface area contributed by atoms with Crippen molar-refractivity contribution in [3.63, 3.8) is 0 Å². The maximum absolute atomic E-state index is 8.36. The first-order valence-corrected chi connectivity index (χ1v) is 4.48. The van der Waals surface area contributed by atoms with Gasteiger partial charge in [-0.05, 0) is 20.8 Å². The van der Waals surface area contributed by atoms with Crippen molar-refractivity contribution in [1.82, 2.24) is 5.32 Å². The monoisotopic (exact) mass is 177 g/mol. The Labute approximate surface area is 71.6 Å². The highest BCUT2D eigenvalue weighted by atomic mass is 32.2. The largest absolute Gasteiger partial charge is 0.483 e. The van der Waals surface area contributed by atoms with Crippen LogP contribution in [-0.4, -0.2) is 28.2 Å². The molecule has 0 saturated carbocycles. The highest BCUT2D eigenvalue weighted by Crippen LogP contribution is 2.32. The molecule has 3 nitrogen and oxygen atoms in total. The van der Waals surface area contributed by atoms with Gasteiger partial charge in [-0.25, -0.2) is 0 Å². The summed E-state index contributed by atoms with van der Waals surface area (Å²) in [4.78, 5) is 8.36. The zero-order valence-corrected chi connectivity index (χ0v) is 7.94. The molecule has 0 bridgehead atoms. The molecule has 0 radical (unpaired) electrons. The highest BCUT2D eigenvalue weighted by Gasteiger charge is 2.30. The van der Waals surface area contributed by atoms with Crippen LogP contribution in [0.4, 0.5) is 0 Å². The van der Waals surface area contributed by atoms with Gasteiger partial charge in [0.1, 0.15) is 0 Å². The number of thioether (sulfide) groups is 1. The average Bonchev–Trinajstić information content (AvgIpc) is 2.14. The van der Waals surface area contributed by atoms with E-state index in [1.807, 2.05) is 11.8 Å². The predicted molar refractivity (Wildman–Crippen MR) is 47.8 cm³/mol. The van der Waals surface area contributed by atoms with Crippen molar-refractivity contribution in [3.8, 4) is 0 Å². The Kier molecular flexibility index (Phi) is 4.52. The summed E-state index contributed by atoms with van der Waals surface area (Å²) in [6, 6.07) is 0.674. The Balaban J connectivity index is 0.000000292. The molecule has 2 N–H and O–H groups in total. The van der Waals surface area contributed by atoms with Gasteiger partial charge in [0.15, 0.2) is 0 Å². The molecule has 0 amide bonds. The third kappa shape index (κ3) is 3.62. The van der Waals surface area contributed by atoms with E-state index in [9.17, 15) is 0 Å². The quantitative estimate of drug-likeness (QED) is 0.545. The van der Waals surface area contributed by atoms with E-state index in [1.165, 1.54) is 0 Å². The van der Waals surface area contributed by atoms with Gasteiger partial charge in [-0.1, -0.05) is 0 Å². The Bertz CT molecular complexity index is 128. The fourth-order valence-electron chi connectivity index (χ4n) is 0.723. The number of rotatable bonds is 0. The molecule has 66 valence electrons. The van der Waals surface area contributed by atoms with E-state index < -0.39 is 0 Å². The fraction of sp³-hybridized carbons (Fsp3) is 0.857. The molecule has 1 saturated heterocycles. The Morgan fingerprint density at radius 1 is 1.73 bits per heavy atom. The van der Waals surface area contributed by atoms with Gasteiger partial charge in [-0.3, -0.25) is 4.79 Å². The lowest BCUT2D eigenvalue weighted by Crippen LogP contribution is -2.32. The van der Waals surface area contributed by atoms with E-state index in [2.05, 4.69) is 26.1 Å². The summed E-state index contributed by atoms with van der Waals surface area (Å²) in [7, 11) is 0. The second kappa shape index (κ2) is 4.62. The molecular formula is C7H15NO2S. The molecular weight excluding hydrogens is 162 g/mol. The summed E-state index contributed by atoms with van der Waals surface area (Å²) >= 11 is 2.00. The normalized spacial score (nSPS) is 27.0.